The molecule has 0 aliphatic carbocycles. The maximum absolute atomic E-state index is 13.2. The van der Waals surface area contributed by atoms with Gasteiger partial charge in [0.15, 0.2) is 0 Å². The summed E-state index contributed by atoms with van der Waals surface area (Å²) in [6.07, 6.45) is 2.60. The normalized spacial score (nSPS) is 17.6. The molecule has 1 fully saturated rings. The van der Waals surface area contributed by atoms with Crippen LogP contribution in [0.1, 0.15) is 36.1 Å². The minimum absolute atomic E-state index is 0.197. The SMILES string of the molecule is Cc1ncc(CN2CCCC2c2nc3ccccc3c(=O)n2CC(F)F)cn1. The van der Waals surface area contributed by atoms with Crippen molar-refractivity contribution in [3.63, 3.8) is 0 Å². The summed E-state index contributed by atoms with van der Waals surface area (Å²) in [6, 6.07) is 6.70. The van der Waals surface area contributed by atoms with Gasteiger partial charge in [0.1, 0.15) is 11.6 Å². The Morgan fingerprint density at radius 2 is 1.96 bits per heavy atom. The lowest BCUT2D eigenvalue weighted by molar-refractivity contribution is 0.120. The Bertz CT molecular complexity index is 1030. The quantitative estimate of drug-likeness (QED) is 0.675. The molecule has 1 aromatic carbocycles. The summed E-state index contributed by atoms with van der Waals surface area (Å²) in [6.45, 7) is 2.56. The van der Waals surface area contributed by atoms with Crippen molar-refractivity contribution in [2.75, 3.05) is 6.54 Å². The van der Waals surface area contributed by atoms with E-state index in [4.69, 9.17) is 0 Å². The van der Waals surface area contributed by atoms with Crippen LogP contribution in [-0.2, 0) is 13.1 Å². The number of benzene rings is 1. The molecule has 1 aliphatic rings. The van der Waals surface area contributed by atoms with Crippen LogP contribution in [0.25, 0.3) is 10.9 Å². The average molecular weight is 385 g/mol. The van der Waals surface area contributed by atoms with E-state index in [0.717, 1.165) is 29.5 Å². The van der Waals surface area contributed by atoms with Crippen molar-refractivity contribution in [3.05, 3.63) is 64.2 Å². The third-order valence-electron chi connectivity index (χ3n) is 5.09. The molecule has 4 rings (SSSR count). The van der Waals surface area contributed by atoms with E-state index in [-0.39, 0.29) is 6.04 Å². The van der Waals surface area contributed by atoms with Crippen LogP contribution < -0.4 is 5.56 Å². The number of para-hydroxylation sites is 1. The molecule has 3 aromatic rings. The number of aryl methyl sites for hydroxylation is 1. The molecule has 0 saturated carbocycles. The summed E-state index contributed by atoms with van der Waals surface area (Å²) in [5.41, 5.74) is 1.08. The minimum Gasteiger partial charge on any atom is -0.289 e. The van der Waals surface area contributed by atoms with Crippen LogP contribution in [0.4, 0.5) is 8.78 Å². The van der Waals surface area contributed by atoms with Crippen molar-refractivity contribution in [3.8, 4) is 0 Å². The Morgan fingerprint density at radius 3 is 2.71 bits per heavy atom. The summed E-state index contributed by atoms with van der Waals surface area (Å²) in [5, 5.41) is 0.364. The van der Waals surface area contributed by atoms with Crippen molar-refractivity contribution >= 4 is 10.9 Å². The average Bonchev–Trinajstić information content (AvgIpc) is 3.13. The molecule has 1 aliphatic heterocycles. The van der Waals surface area contributed by atoms with Crippen LogP contribution in [0.2, 0.25) is 0 Å². The highest BCUT2D eigenvalue weighted by molar-refractivity contribution is 5.77. The first-order chi connectivity index (χ1) is 13.5. The number of alkyl halides is 2. The third kappa shape index (κ3) is 3.64. The zero-order chi connectivity index (χ0) is 19.7. The highest BCUT2D eigenvalue weighted by atomic mass is 19.3. The summed E-state index contributed by atoms with van der Waals surface area (Å²) in [7, 11) is 0. The molecule has 2 aromatic heterocycles. The Balaban J connectivity index is 1.75. The van der Waals surface area contributed by atoms with E-state index < -0.39 is 18.5 Å². The maximum Gasteiger partial charge on any atom is 0.261 e. The van der Waals surface area contributed by atoms with Crippen LogP contribution in [0.5, 0.6) is 0 Å². The molecule has 28 heavy (non-hydrogen) atoms. The Labute approximate surface area is 160 Å². The van der Waals surface area contributed by atoms with Crippen molar-refractivity contribution in [1.82, 2.24) is 24.4 Å². The van der Waals surface area contributed by atoms with Crippen LogP contribution in [-0.4, -0.2) is 37.4 Å². The van der Waals surface area contributed by atoms with Gasteiger partial charge in [-0.1, -0.05) is 12.1 Å². The highest BCUT2D eigenvalue weighted by Gasteiger charge is 2.31. The Hall–Kier alpha value is -2.74. The molecule has 0 N–H and O–H groups in total. The van der Waals surface area contributed by atoms with Gasteiger partial charge in [0.2, 0.25) is 0 Å². The van der Waals surface area contributed by atoms with E-state index in [1.54, 1.807) is 36.7 Å². The third-order valence-corrected chi connectivity index (χ3v) is 5.09. The van der Waals surface area contributed by atoms with Gasteiger partial charge in [0.25, 0.3) is 12.0 Å². The largest absolute Gasteiger partial charge is 0.289 e. The minimum atomic E-state index is -2.63. The fourth-order valence-corrected chi connectivity index (χ4v) is 3.80. The second kappa shape index (κ2) is 7.71. The molecule has 1 unspecified atom stereocenters. The van der Waals surface area contributed by atoms with E-state index in [1.165, 1.54) is 0 Å². The van der Waals surface area contributed by atoms with Gasteiger partial charge < -0.3 is 0 Å². The molecule has 0 amide bonds. The number of halogens is 2. The second-order valence-electron chi connectivity index (χ2n) is 7.06. The monoisotopic (exact) mass is 385 g/mol. The number of hydrogen-bond donors (Lipinski definition) is 0. The zero-order valence-corrected chi connectivity index (χ0v) is 15.6. The van der Waals surface area contributed by atoms with E-state index in [0.29, 0.717) is 29.1 Å². The predicted molar refractivity (Wildman–Crippen MR) is 101 cm³/mol. The molecule has 1 atom stereocenters. The van der Waals surface area contributed by atoms with Gasteiger partial charge in [-0.25, -0.2) is 23.7 Å². The molecule has 1 saturated heterocycles. The van der Waals surface area contributed by atoms with Gasteiger partial charge in [0, 0.05) is 24.5 Å². The van der Waals surface area contributed by atoms with Crippen molar-refractivity contribution in [2.24, 2.45) is 0 Å². The first kappa shape index (κ1) is 18.6. The van der Waals surface area contributed by atoms with Gasteiger partial charge in [-0.15, -0.1) is 0 Å². The van der Waals surface area contributed by atoms with Crippen molar-refractivity contribution < 1.29 is 8.78 Å². The number of aromatic nitrogens is 4. The lowest BCUT2D eigenvalue weighted by Gasteiger charge is -2.26. The van der Waals surface area contributed by atoms with E-state index in [1.807, 2.05) is 6.92 Å². The summed E-state index contributed by atoms with van der Waals surface area (Å²) in [5.74, 6) is 1.11. The molecule has 0 radical (unpaired) electrons. The van der Waals surface area contributed by atoms with Gasteiger partial charge in [0.05, 0.1) is 23.5 Å². The van der Waals surface area contributed by atoms with E-state index >= 15 is 0 Å². The first-order valence-electron chi connectivity index (χ1n) is 9.32. The van der Waals surface area contributed by atoms with Crippen molar-refractivity contribution in [1.29, 1.82) is 0 Å². The number of rotatable bonds is 5. The van der Waals surface area contributed by atoms with Gasteiger partial charge in [-0.05, 0) is 38.4 Å². The lowest BCUT2D eigenvalue weighted by Crippen LogP contribution is -2.33. The Morgan fingerprint density at radius 1 is 1.21 bits per heavy atom. The van der Waals surface area contributed by atoms with Gasteiger partial charge in [-0.3, -0.25) is 14.3 Å². The first-order valence-corrected chi connectivity index (χ1v) is 9.32. The fraction of sp³-hybridized carbons (Fsp3) is 0.400. The number of hydrogen-bond acceptors (Lipinski definition) is 5. The summed E-state index contributed by atoms with van der Waals surface area (Å²) < 4.78 is 27.6. The van der Waals surface area contributed by atoms with Gasteiger partial charge in [-0.2, -0.15) is 0 Å². The van der Waals surface area contributed by atoms with Crippen LogP contribution in [0.3, 0.4) is 0 Å². The smallest absolute Gasteiger partial charge is 0.261 e. The maximum atomic E-state index is 13.2. The van der Waals surface area contributed by atoms with Gasteiger partial charge >= 0.3 is 0 Å². The molecular formula is C20H21F2N5O. The second-order valence-corrected chi connectivity index (χ2v) is 7.06. The van der Waals surface area contributed by atoms with Crippen LogP contribution >= 0.6 is 0 Å². The molecule has 146 valence electrons. The molecule has 3 heterocycles. The summed E-state index contributed by atoms with van der Waals surface area (Å²) in [4.78, 5) is 28.1. The zero-order valence-electron chi connectivity index (χ0n) is 15.6. The van der Waals surface area contributed by atoms with Crippen LogP contribution in [0.15, 0.2) is 41.5 Å². The lowest BCUT2D eigenvalue weighted by atomic mass is 10.1. The molecule has 0 bridgehead atoms. The topological polar surface area (TPSA) is 63.9 Å². The molecule has 8 heteroatoms. The standard InChI is InChI=1S/C20H21F2N5O/c1-13-23-9-14(10-24-13)11-26-8-4-7-17(26)19-25-16-6-3-2-5-15(16)20(28)27(19)12-18(21)22/h2-3,5-6,9-10,17-18H,4,7-8,11-12H2,1H3. The molecule has 0 spiro atoms. The number of fused-ring (bicyclic) bond motifs is 1. The summed E-state index contributed by atoms with van der Waals surface area (Å²) >= 11 is 0. The molecular weight excluding hydrogens is 364 g/mol. The number of nitrogens with zero attached hydrogens (tertiary/aromatic N) is 5. The Kier molecular flexibility index (Phi) is 5.13. The van der Waals surface area contributed by atoms with E-state index in [9.17, 15) is 13.6 Å². The van der Waals surface area contributed by atoms with E-state index in [2.05, 4.69) is 19.9 Å². The fourth-order valence-electron chi connectivity index (χ4n) is 3.80. The van der Waals surface area contributed by atoms with Crippen molar-refractivity contribution in [2.45, 2.75) is 45.3 Å². The highest BCUT2D eigenvalue weighted by Crippen LogP contribution is 2.32. The number of likely N-dealkylation sites (tertiary alicyclic amines) is 1. The molecule has 6 nitrogen and oxygen atoms in total. The van der Waals surface area contributed by atoms with Crippen LogP contribution in [0, 0.1) is 6.92 Å². The predicted octanol–water partition coefficient (Wildman–Crippen LogP) is 3.10.